The van der Waals surface area contributed by atoms with Crippen molar-refractivity contribution in [3.05, 3.63) is 41.5 Å². The maximum absolute atomic E-state index is 10.5. The van der Waals surface area contributed by atoms with Crippen molar-refractivity contribution in [2.24, 2.45) is 0 Å². The number of carboxylic acids is 1. The first-order chi connectivity index (χ1) is 7.63. The molecule has 0 aliphatic carbocycles. The minimum Gasteiger partial charge on any atom is -0.490 e. The van der Waals surface area contributed by atoms with Gasteiger partial charge in [0.2, 0.25) is 0 Å². The number of rotatable bonds is 5. The van der Waals surface area contributed by atoms with Crippen molar-refractivity contribution in [2.75, 3.05) is 6.61 Å². The Morgan fingerprint density at radius 3 is 2.50 bits per heavy atom. The van der Waals surface area contributed by atoms with Gasteiger partial charge < -0.3 is 9.84 Å². The Morgan fingerprint density at radius 2 is 2.00 bits per heavy atom. The van der Waals surface area contributed by atoms with Crippen LogP contribution in [0, 0.1) is 0 Å². The van der Waals surface area contributed by atoms with Crippen LogP contribution in [-0.2, 0) is 11.2 Å². The van der Waals surface area contributed by atoms with Gasteiger partial charge in [-0.2, -0.15) is 0 Å². The third-order valence-corrected chi connectivity index (χ3v) is 2.31. The van der Waals surface area contributed by atoms with Gasteiger partial charge in [-0.05, 0) is 37.1 Å². The fraction of sp³-hybridized carbons (Fsp3) is 0.308. The number of aliphatic carboxylic acids is 1. The van der Waals surface area contributed by atoms with Crippen LogP contribution in [0.25, 0.3) is 0 Å². The van der Waals surface area contributed by atoms with Crippen LogP contribution >= 0.6 is 0 Å². The van der Waals surface area contributed by atoms with Crippen LogP contribution in [0.1, 0.15) is 19.4 Å². The highest BCUT2D eigenvalue weighted by Gasteiger charge is 1.98. The number of aryl methyl sites for hydroxylation is 1. The molecule has 0 aromatic heterocycles. The van der Waals surface area contributed by atoms with Crippen LogP contribution in [0.2, 0.25) is 0 Å². The minimum atomic E-state index is -0.912. The molecule has 16 heavy (non-hydrogen) atoms. The molecule has 0 amide bonds. The molecule has 0 saturated carbocycles. The number of hydrogen-bond acceptors (Lipinski definition) is 2. The van der Waals surface area contributed by atoms with E-state index in [4.69, 9.17) is 9.84 Å². The molecule has 0 aliphatic heterocycles. The molecule has 3 nitrogen and oxygen atoms in total. The summed E-state index contributed by atoms with van der Waals surface area (Å²) in [6.07, 6.45) is 2.55. The summed E-state index contributed by atoms with van der Waals surface area (Å²) < 4.78 is 5.39. The lowest BCUT2D eigenvalue weighted by Crippen LogP contribution is -2.00. The lowest BCUT2D eigenvalue weighted by Gasteiger charge is -2.04. The molecule has 0 spiro atoms. The molecule has 0 heterocycles. The van der Waals surface area contributed by atoms with Crippen LogP contribution in [0.15, 0.2) is 35.9 Å². The topological polar surface area (TPSA) is 46.5 Å². The van der Waals surface area contributed by atoms with Crippen molar-refractivity contribution in [3.8, 4) is 5.75 Å². The fourth-order valence-electron chi connectivity index (χ4n) is 1.17. The van der Waals surface area contributed by atoms with Gasteiger partial charge in [0.05, 0.1) is 0 Å². The molecular weight excluding hydrogens is 204 g/mol. The van der Waals surface area contributed by atoms with Crippen molar-refractivity contribution >= 4 is 5.97 Å². The number of hydrogen-bond donors (Lipinski definition) is 1. The summed E-state index contributed by atoms with van der Waals surface area (Å²) in [5.41, 5.74) is 1.55. The second-order valence-electron chi connectivity index (χ2n) is 3.50. The van der Waals surface area contributed by atoms with Crippen LogP contribution in [-0.4, -0.2) is 17.7 Å². The number of ether oxygens (including phenoxy) is 1. The first-order valence-electron chi connectivity index (χ1n) is 5.25. The highest BCUT2D eigenvalue weighted by molar-refractivity contribution is 5.85. The Morgan fingerprint density at radius 1 is 1.38 bits per heavy atom. The quantitative estimate of drug-likeness (QED) is 0.776. The van der Waals surface area contributed by atoms with E-state index in [9.17, 15) is 4.79 Å². The molecule has 3 heteroatoms. The molecule has 0 fully saturated rings. The van der Waals surface area contributed by atoms with E-state index < -0.39 is 5.97 Å². The molecular formula is C13H16O3. The Balaban J connectivity index is 2.49. The SMILES string of the molecule is CCc1ccc(OCC=C(C)C(=O)O)cc1. The number of benzene rings is 1. The van der Waals surface area contributed by atoms with Gasteiger partial charge >= 0.3 is 5.97 Å². The van der Waals surface area contributed by atoms with Crippen LogP contribution in [0.3, 0.4) is 0 Å². The van der Waals surface area contributed by atoms with Gasteiger partial charge in [0.25, 0.3) is 0 Å². The molecule has 0 radical (unpaired) electrons. The predicted octanol–water partition coefficient (Wildman–Crippen LogP) is 2.66. The van der Waals surface area contributed by atoms with E-state index in [0.717, 1.165) is 12.2 Å². The maximum atomic E-state index is 10.5. The van der Waals surface area contributed by atoms with Gasteiger partial charge in [0, 0.05) is 5.57 Å². The van der Waals surface area contributed by atoms with E-state index in [1.807, 2.05) is 24.3 Å². The second kappa shape index (κ2) is 5.95. The molecule has 0 saturated heterocycles. The van der Waals surface area contributed by atoms with Crippen molar-refractivity contribution in [2.45, 2.75) is 20.3 Å². The molecule has 1 aromatic carbocycles. The summed E-state index contributed by atoms with van der Waals surface area (Å²) in [7, 11) is 0. The van der Waals surface area contributed by atoms with E-state index in [1.54, 1.807) is 13.0 Å². The van der Waals surface area contributed by atoms with Crippen molar-refractivity contribution in [1.29, 1.82) is 0 Å². The van der Waals surface area contributed by atoms with Gasteiger partial charge in [-0.25, -0.2) is 4.79 Å². The highest BCUT2D eigenvalue weighted by Crippen LogP contribution is 2.12. The fourth-order valence-corrected chi connectivity index (χ4v) is 1.17. The molecule has 0 atom stereocenters. The Labute approximate surface area is 95.4 Å². The first kappa shape index (κ1) is 12.3. The van der Waals surface area contributed by atoms with Crippen LogP contribution in [0.4, 0.5) is 0 Å². The summed E-state index contributed by atoms with van der Waals surface area (Å²) in [6, 6.07) is 7.79. The van der Waals surface area contributed by atoms with Gasteiger partial charge in [-0.15, -0.1) is 0 Å². The third-order valence-electron chi connectivity index (χ3n) is 2.31. The lowest BCUT2D eigenvalue weighted by molar-refractivity contribution is -0.132. The lowest BCUT2D eigenvalue weighted by atomic mass is 10.2. The van der Waals surface area contributed by atoms with E-state index in [1.165, 1.54) is 5.56 Å². The van der Waals surface area contributed by atoms with E-state index in [-0.39, 0.29) is 6.61 Å². The average molecular weight is 220 g/mol. The van der Waals surface area contributed by atoms with Gasteiger partial charge in [-0.3, -0.25) is 0 Å². The van der Waals surface area contributed by atoms with Crippen molar-refractivity contribution in [1.82, 2.24) is 0 Å². The summed E-state index contributed by atoms with van der Waals surface area (Å²) >= 11 is 0. The smallest absolute Gasteiger partial charge is 0.331 e. The summed E-state index contributed by atoms with van der Waals surface area (Å²) in [5.74, 6) is -0.156. The van der Waals surface area contributed by atoms with E-state index >= 15 is 0 Å². The van der Waals surface area contributed by atoms with Crippen molar-refractivity contribution < 1.29 is 14.6 Å². The molecule has 1 rings (SSSR count). The third kappa shape index (κ3) is 3.77. The Bertz CT molecular complexity index is 377. The minimum absolute atomic E-state index is 0.281. The molecule has 1 aromatic rings. The average Bonchev–Trinajstić information content (AvgIpc) is 2.29. The Kier molecular flexibility index (Phi) is 4.58. The Hall–Kier alpha value is -1.77. The highest BCUT2D eigenvalue weighted by atomic mass is 16.5. The summed E-state index contributed by atoms with van der Waals surface area (Å²) in [6.45, 7) is 3.92. The second-order valence-corrected chi connectivity index (χ2v) is 3.50. The van der Waals surface area contributed by atoms with E-state index in [2.05, 4.69) is 6.92 Å². The summed E-state index contributed by atoms with van der Waals surface area (Å²) in [4.78, 5) is 10.5. The normalized spacial score (nSPS) is 11.2. The molecule has 0 bridgehead atoms. The predicted molar refractivity (Wildman–Crippen MR) is 62.7 cm³/mol. The summed E-state index contributed by atoms with van der Waals surface area (Å²) in [5, 5.41) is 8.62. The number of carboxylic acid groups (broad SMARTS) is 1. The van der Waals surface area contributed by atoms with Crippen LogP contribution in [0.5, 0.6) is 5.75 Å². The van der Waals surface area contributed by atoms with Gasteiger partial charge in [0.15, 0.2) is 0 Å². The molecule has 0 aliphatic rings. The van der Waals surface area contributed by atoms with Crippen molar-refractivity contribution in [3.63, 3.8) is 0 Å². The maximum Gasteiger partial charge on any atom is 0.331 e. The molecule has 86 valence electrons. The van der Waals surface area contributed by atoms with Gasteiger partial charge in [-0.1, -0.05) is 19.1 Å². The zero-order chi connectivity index (χ0) is 12.0. The monoisotopic (exact) mass is 220 g/mol. The first-order valence-corrected chi connectivity index (χ1v) is 5.25. The van der Waals surface area contributed by atoms with Gasteiger partial charge in [0.1, 0.15) is 12.4 Å². The standard InChI is InChI=1S/C13H16O3/c1-3-11-4-6-12(7-5-11)16-9-8-10(2)13(14)15/h4-8H,3,9H2,1-2H3,(H,14,15). The molecule has 0 unspecified atom stereocenters. The molecule has 1 N–H and O–H groups in total. The number of carbonyl (C=O) groups is 1. The zero-order valence-corrected chi connectivity index (χ0v) is 9.56. The zero-order valence-electron chi connectivity index (χ0n) is 9.56. The van der Waals surface area contributed by atoms with E-state index in [0.29, 0.717) is 5.57 Å². The van der Waals surface area contributed by atoms with Crippen LogP contribution < -0.4 is 4.74 Å². The largest absolute Gasteiger partial charge is 0.490 e.